The first-order valence-corrected chi connectivity index (χ1v) is 13.3. The summed E-state index contributed by atoms with van der Waals surface area (Å²) >= 11 is 1.39. The maximum Gasteiger partial charge on any atom is 0.338 e. The number of halogens is 1. The van der Waals surface area contributed by atoms with Crippen LogP contribution in [0.1, 0.15) is 51.3 Å². The second kappa shape index (κ2) is 11.5. The highest BCUT2D eigenvalue weighted by molar-refractivity contribution is 8.16. The normalized spacial score (nSPS) is 16.8. The number of hydrogen-bond acceptors (Lipinski definition) is 8. The highest BCUT2D eigenvalue weighted by Gasteiger charge is 2.42. The molecule has 0 saturated carbocycles. The Kier molecular flexibility index (Phi) is 8.34. The Bertz CT molecular complexity index is 1360. The molecule has 0 aromatic heterocycles. The Labute approximate surface area is 231 Å². The molecule has 1 N–H and O–H groups in total. The molecule has 0 fully saturated rings. The van der Waals surface area contributed by atoms with Crippen molar-refractivity contribution in [1.82, 2.24) is 10.2 Å². The number of aliphatic imine (C=N–C) groups is 1. The molecule has 0 bridgehead atoms. The van der Waals surface area contributed by atoms with Crippen molar-refractivity contribution >= 4 is 28.8 Å². The number of ether oxygens (including phenoxy) is 3. The van der Waals surface area contributed by atoms with Crippen molar-refractivity contribution in [3.63, 3.8) is 0 Å². The molecular weight excluding hydrogens is 521 g/mol. The van der Waals surface area contributed by atoms with Gasteiger partial charge in [-0.25, -0.2) is 14.2 Å². The van der Waals surface area contributed by atoms with Crippen LogP contribution in [-0.2, 0) is 20.9 Å². The van der Waals surface area contributed by atoms with Crippen LogP contribution < -0.4 is 14.8 Å². The van der Waals surface area contributed by atoms with Gasteiger partial charge in [0, 0.05) is 12.2 Å². The highest BCUT2D eigenvalue weighted by Crippen LogP contribution is 2.46. The van der Waals surface area contributed by atoms with E-state index in [-0.39, 0.29) is 24.7 Å². The van der Waals surface area contributed by atoms with E-state index in [2.05, 4.69) is 5.32 Å². The van der Waals surface area contributed by atoms with E-state index in [0.717, 1.165) is 11.1 Å². The molecule has 206 valence electrons. The first kappa shape index (κ1) is 28.2. The smallest absolute Gasteiger partial charge is 0.338 e. The highest BCUT2D eigenvalue weighted by atomic mass is 32.2. The molecule has 2 aromatic rings. The van der Waals surface area contributed by atoms with E-state index in [0.29, 0.717) is 33.6 Å². The number of thioether (sulfide) groups is 1. The van der Waals surface area contributed by atoms with Gasteiger partial charge in [0.2, 0.25) is 5.91 Å². The molecule has 4 rings (SSSR count). The van der Waals surface area contributed by atoms with Gasteiger partial charge in [-0.2, -0.15) is 0 Å². The van der Waals surface area contributed by atoms with Crippen LogP contribution in [-0.4, -0.2) is 41.8 Å². The van der Waals surface area contributed by atoms with Crippen molar-refractivity contribution in [3.05, 3.63) is 81.8 Å². The molecule has 2 aromatic carbocycles. The number of carbonyl (C=O) groups excluding carboxylic acids is 2. The van der Waals surface area contributed by atoms with Gasteiger partial charge in [0.05, 0.1) is 38.0 Å². The van der Waals surface area contributed by atoms with Crippen molar-refractivity contribution in [2.75, 3.05) is 14.2 Å². The van der Waals surface area contributed by atoms with Crippen LogP contribution in [0.4, 0.5) is 4.39 Å². The third kappa shape index (κ3) is 6.44. The molecule has 0 aliphatic carbocycles. The van der Waals surface area contributed by atoms with Gasteiger partial charge in [-0.1, -0.05) is 30.0 Å². The second-order valence-electron chi connectivity index (χ2n) is 10.1. The summed E-state index contributed by atoms with van der Waals surface area (Å²) in [4.78, 5) is 33.1. The van der Waals surface area contributed by atoms with Crippen molar-refractivity contribution in [2.45, 2.75) is 52.3 Å². The van der Waals surface area contributed by atoms with E-state index in [9.17, 15) is 14.0 Å². The summed E-state index contributed by atoms with van der Waals surface area (Å²) in [7, 11) is 3.11. The minimum atomic E-state index is -0.713. The summed E-state index contributed by atoms with van der Waals surface area (Å²) in [6, 6.07) is 10.8. The number of fused-ring (bicyclic) bond motifs is 1. The minimum absolute atomic E-state index is 0.0532. The van der Waals surface area contributed by atoms with Gasteiger partial charge in [-0.3, -0.25) is 4.79 Å². The van der Waals surface area contributed by atoms with Crippen molar-refractivity contribution in [2.24, 2.45) is 4.99 Å². The number of amides is 1. The van der Waals surface area contributed by atoms with Crippen molar-refractivity contribution in [3.8, 4) is 11.5 Å². The monoisotopic (exact) mass is 553 g/mol. The summed E-state index contributed by atoms with van der Waals surface area (Å²) in [6.45, 7) is 7.48. The van der Waals surface area contributed by atoms with Crippen LogP contribution in [0.2, 0.25) is 0 Å². The fraction of sp³-hybridized carbons (Fsp3) is 0.345. The molecule has 2 aliphatic rings. The molecule has 1 amide bonds. The standard InChI is InChI=1S/C29H32FN3O5S/c1-17-25(27(35)38-29(2,3)4)26(19-9-12-22(36-5)23(13-19)37-6)33-21(16-39-28(33)32-17)14-24(34)31-15-18-7-10-20(30)11-8-18/h7-13,16,26H,14-15H2,1-6H3,(H,31,34). The van der Waals surface area contributed by atoms with Crippen molar-refractivity contribution < 1.29 is 28.2 Å². The van der Waals surface area contributed by atoms with Gasteiger partial charge in [0.15, 0.2) is 16.7 Å². The Morgan fingerprint density at radius 3 is 2.41 bits per heavy atom. The molecule has 8 nitrogen and oxygen atoms in total. The zero-order chi connectivity index (χ0) is 28.3. The molecule has 0 spiro atoms. The molecular formula is C29H32FN3O5S. The molecule has 10 heteroatoms. The third-order valence-corrected chi connectivity index (χ3v) is 6.98. The largest absolute Gasteiger partial charge is 0.493 e. The second-order valence-corrected chi connectivity index (χ2v) is 10.9. The zero-order valence-corrected chi connectivity index (χ0v) is 23.6. The average molecular weight is 554 g/mol. The first-order chi connectivity index (χ1) is 18.5. The summed E-state index contributed by atoms with van der Waals surface area (Å²) in [5.41, 5.74) is 2.42. The summed E-state index contributed by atoms with van der Waals surface area (Å²) < 4.78 is 30.0. The van der Waals surface area contributed by atoms with Crippen LogP contribution >= 0.6 is 11.8 Å². The number of rotatable bonds is 8. The Morgan fingerprint density at radius 2 is 1.77 bits per heavy atom. The number of nitrogens with zero attached hydrogens (tertiary/aromatic N) is 2. The van der Waals surface area contributed by atoms with E-state index in [4.69, 9.17) is 19.2 Å². The molecule has 39 heavy (non-hydrogen) atoms. The Hall–Kier alpha value is -3.79. The van der Waals surface area contributed by atoms with Gasteiger partial charge in [0.25, 0.3) is 0 Å². The lowest BCUT2D eigenvalue weighted by atomic mass is 9.93. The number of hydrogen-bond donors (Lipinski definition) is 1. The minimum Gasteiger partial charge on any atom is -0.493 e. The predicted octanol–water partition coefficient (Wildman–Crippen LogP) is 5.47. The summed E-state index contributed by atoms with van der Waals surface area (Å²) in [6.07, 6.45) is 0.0532. The predicted molar refractivity (Wildman–Crippen MR) is 149 cm³/mol. The quantitative estimate of drug-likeness (QED) is 0.434. The van der Waals surface area contributed by atoms with Gasteiger partial charge in [0.1, 0.15) is 11.4 Å². The molecule has 2 heterocycles. The lowest BCUT2D eigenvalue weighted by Crippen LogP contribution is -2.39. The average Bonchev–Trinajstić information content (AvgIpc) is 3.27. The third-order valence-electron chi connectivity index (χ3n) is 6.09. The van der Waals surface area contributed by atoms with E-state index >= 15 is 0 Å². The maximum atomic E-state index is 13.5. The first-order valence-electron chi connectivity index (χ1n) is 12.4. The van der Waals surface area contributed by atoms with Gasteiger partial charge in [-0.05, 0) is 68.5 Å². The van der Waals surface area contributed by atoms with Gasteiger partial charge >= 0.3 is 5.97 Å². The van der Waals surface area contributed by atoms with E-state index in [1.54, 1.807) is 39.3 Å². The van der Waals surface area contributed by atoms with E-state index in [1.807, 2.05) is 43.2 Å². The number of carbonyl (C=O) groups is 2. The molecule has 0 radical (unpaired) electrons. The molecule has 0 saturated heterocycles. The van der Waals surface area contributed by atoms with Crippen LogP contribution in [0, 0.1) is 5.82 Å². The lowest BCUT2D eigenvalue weighted by Gasteiger charge is -2.37. The van der Waals surface area contributed by atoms with Gasteiger partial charge < -0.3 is 24.4 Å². The number of methoxy groups -OCH3 is 2. The maximum absolute atomic E-state index is 13.5. The zero-order valence-electron chi connectivity index (χ0n) is 22.8. The van der Waals surface area contributed by atoms with Crippen LogP contribution in [0.15, 0.2) is 69.8 Å². The van der Waals surface area contributed by atoms with Crippen LogP contribution in [0.25, 0.3) is 0 Å². The summed E-state index contributed by atoms with van der Waals surface area (Å²) in [5.74, 6) is 0.0236. The Balaban J connectivity index is 1.66. The topological polar surface area (TPSA) is 89.5 Å². The molecule has 1 atom stereocenters. The summed E-state index contributed by atoms with van der Waals surface area (Å²) in [5, 5.41) is 5.41. The van der Waals surface area contributed by atoms with Crippen molar-refractivity contribution in [1.29, 1.82) is 0 Å². The number of allylic oxidation sites excluding steroid dienone is 1. The SMILES string of the molecule is COc1ccc(C2C(C(=O)OC(C)(C)C)=C(C)N=C3SC=C(CC(=O)NCc4ccc(F)cc4)N32)cc1OC. The van der Waals surface area contributed by atoms with Crippen LogP contribution in [0.3, 0.4) is 0 Å². The number of benzene rings is 2. The van der Waals surface area contributed by atoms with E-state index < -0.39 is 17.6 Å². The fourth-order valence-electron chi connectivity index (χ4n) is 4.33. The number of amidine groups is 1. The number of nitrogens with one attached hydrogen (secondary N) is 1. The van der Waals surface area contributed by atoms with Gasteiger partial charge in [-0.15, -0.1) is 0 Å². The Morgan fingerprint density at radius 1 is 1.08 bits per heavy atom. The van der Waals surface area contributed by atoms with E-state index in [1.165, 1.54) is 23.9 Å². The fourth-order valence-corrected chi connectivity index (χ4v) is 5.30. The lowest BCUT2D eigenvalue weighted by molar-refractivity contribution is -0.150. The van der Waals surface area contributed by atoms with Crippen LogP contribution in [0.5, 0.6) is 11.5 Å². The molecule has 2 aliphatic heterocycles. The number of esters is 1. The molecule has 1 unspecified atom stereocenters.